The van der Waals surface area contributed by atoms with E-state index in [0.717, 1.165) is 5.56 Å². The van der Waals surface area contributed by atoms with Gasteiger partial charge in [0, 0.05) is 23.8 Å². The molecule has 0 saturated heterocycles. The van der Waals surface area contributed by atoms with Gasteiger partial charge in [0.05, 0.1) is 11.1 Å². The Kier molecular flexibility index (Phi) is 7.77. The quantitative estimate of drug-likeness (QED) is 0.507. The second kappa shape index (κ2) is 10.6. The minimum absolute atomic E-state index is 0.167. The lowest BCUT2D eigenvalue weighted by atomic mass is 10.1. The molecular formula is C26H30N4O6. The van der Waals surface area contributed by atoms with Crippen LogP contribution < -0.4 is 16.0 Å². The van der Waals surface area contributed by atoms with Gasteiger partial charge in [0.25, 0.3) is 17.7 Å². The van der Waals surface area contributed by atoms with Crippen LogP contribution in [0.2, 0.25) is 0 Å². The Bertz CT molecular complexity index is 1220. The molecule has 10 nitrogen and oxygen atoms in total. The molecule has 0 bridgehead atoms. The van der Waals surface area contributed by atoms with Gasteiger partial charge in [0.2, 0.25) is 5.91 Å². The highest BCUT2D eigenvalue weighted by Crippen LogP contribution is 2.25. The summed E-state index contributed by atoms with van der Waals surface area (Å²) in [6, 6.07) is 11.0. The lowest BCUT2D eigenvalue weighted by molar-refractivity contribution is -0.115. The number of ether oxygens (including phenoxy) is 1. The fourth-order valence-electron chi connectivity index (χ4n) is 3.58. The first-order valence-electron chi connectivity index (χ1n) is 11.5. The fourth-order valence-corrected chi connectivity index (χ4v) is 3.58. The molecule has 10 heteroatoms. The van der Waals surface area contributed by atoms with Crippen LogP contribution in [0, 0.1) is 0 Å². The van der Waals surface area contributed by atoms with Crippen molar-refractivity contribution in [2.45, 2.75) is 52.8 Å². The Hall–Kier alpha value is -4.21. The van der Waals surface area contributed by atoms with Crippen LogP contribution in [-0.4, -0.2) is 52.8 Å². The minimum Gasteiger partial charge on any atom is -0.444 e. The fraction of sp³-hybridized carbons (Fsp3) is 0.346. The van der Waals surface area contributed by atoms with E-state index in [1.165, 1.54) is 23.1 Å². The van der Waals surface area contributed by atoms with Crippen molar-refractivity contribution < 1.29 is 28.7 Å². The monoisotopic (exact) mass is 494 g/mol. The lowest BCUT2D eigenvalue weighted by Crippen LogP contribution is -2.37. The summed E-state index contributed by atoms with van der Waals surface area (Å²) in [7, 11) is 0. The van der Waals surface area contributed by atoms with Crippen LogP contribution in [0.25, 0.3) is 0 Å². The Labute approximate surface area is 209 Å². The molecule has 0 radical (unpaired) electrons. The first kappa shape index (κ1) is 26.4. The summed E-state index contributed by atoms with van der Waals surface area (Å²) in [5.74, 6) is -1.62. The Balaban J connectivity index is 1.56. The molecule has 1 heterocycles. The van der Waals surface area contributed by atoms with Crippen molar-refractivity contribution in [1.82, 2.24) is 15.5 Å². The number of nitrogens with one attached hydrogen (secondary N) is 3. The molecule has 0 atom stereocenters. The van der Waals surface area contributed by atoms with Crippen LogP contribution >= 0.6 is 0 Å². The highest BCUT2D eigenvalue weighted by Gasteiger charge is 2.37. The van der Waals surface area contributed by atoms with E-state index < -0.39 is 29.4 Å². The van der Waals surface area contributed by atoms with E-state index in [9.17, 15) is 24.0 Å². The molecule has 0 aromatic heterocycles. The zero-order valence-corrected chi connectivity index (χ0v) is 20.9. The summed E-state index contributed by atoms with van der Waals surface area (Å²) in [6.07, 6.45) is -0.691. The standard InChI is InChI=1S/C26H30N4O6/c1-15(2)30-23(33)19-10-9-17(12-20(19)24(30)34)22(32)27-13-16-7-6-8-18(11-16)29-21(31)14-28-25(35)36-26(3,4)5/h6-12,15H,13-14H2,1-5H3,(H,27,32)(H,28,35)(H,29,31). The molecule has 1 aliphatic rings. The molecule has 190 valence electrons. The SMILES string of the molecule is CC(C)N1C(=O)c2ccc(C(=O)NCc3cccc(NC(=O)CNC(=O)OC(C)(C)C)c3)cc2C1=O. The Morgan fingerprint density at radius 2 is 1.64 bits per heavy atom. The van der Waals surface area contributed by atoms with Gasteiger partial charge in [0.1, 0.15) is 12.1 Å². The van der Waals surface area contributed by atoms with E-state index in [2.05, 4.69) is 16.0 Å². The molecule has 3 rings (SSSR count). The molecule has 2 aromatic carbocycles. The molecule has 0 aliphatic carbocycles. The second-order valence-electron chi connectivity index (χ2n) is 9.62. The number of amides is 5. The molecule has 0 spiro atoms. The number of imide groups is 1. The van der Waals surface area contributed by atoms with E-state index >= 15 is 0 Å². The van der Waals surface area contributed by atoms with Gasteiger partial charge in [-0.2, -0.15) is 0 Å². The summed E-state index contributed by atoms with van der Waals surface area (Å²) < 4.78 is 5.09. The first-order chi connectivity index (χ1) is 16.9. The van der Waals surface area contributed by atoms with Crippen molar-refractivity contribution >= 4 is 35.4 Å². The van der Waals surface area contributed by atoms with Crippen LogP contribution in [0.4, 0.5) is 10.5 Å². The number of anilines is 1. The number of benzene rings is 2. The van der Waals surface area contributed by atoms with Crippen LogP contribution in [0.15, 0.2) is 42.5 Å². The van der Waals surface area contributed by atoms with Gasteiger partial charge in [-0.3, -0.25) is 24.1 Å². The third-order valence-electron chi connectivity index (χ3n) is 5.15. The summed E-state index contributed by atoms with van der Waals surface area (Å²) >= 11 is 0. The molecule has 0 unspecified atom stereocenters. The van der Waals surface area contributed by atoms with E-state index in [4.69, 9.17) is 4.74 Å². The molecule has 1 aliphatic heterocycles. The number of hydrogen-bond donors (Lipinski definition) is 3. The largest absolute Gasteiger partial charge is 0.444 e. The Morgan fingerprint density at radius 1 is 0.944 bits per heavy atom. The number of carbonyl (C=O) groups is 5. The topological polar surface area (TPSA) is 134 Å². The maximum atomic E-state index is 12.7. The maximum absolute atomic E-state index is 12.7. The zero-order valence-electron chi connectivity index (χ0n) is 20.9. The molecule has 36 heavy (non-hydrogen) atoms. The van der Waals surface area contributed by atoms with Gasteiger partial charge in [-0.05, 0) is 70.5 Å². The van der Waals surface area contributed by atoms with Crippen LogP contribution in [0.5, 0.6) is 0 Å². The van der Waals surface area contributed by atoms with Crippen molar-refractivity contribution in [2.24, 2.45) is 0 Å². The highest BCUT2D eigenvalue weighted by atomic mass is 16.6. The third kappa shape index (κ3) is 6.47. The van der Waals surface area contributed by atoms with E-state index in [0.29, 0.717) is 5.69 Å². The van der Waals surface area contributed by atoms with Crippen molar-refractivity contribution in [3.05, 3.63) is 64.7 Å². The van der Waals surface area contributed by atoms with Crippen LogP contribution in [0.3, 0.4) is 0 Å². The number of rotatable bonds is 7. The van der Waals surface area contributed by atoms with E-state index in [1.807, 2.05) is 0 Å². The van der Waals surface area contributed by atoms with Crippen molar-refractivity contribution in [3.63, 3.8) is 0 Å². The second-order valence-corrected chi connectivity index (χ2v) is 9.62. The number of fused-ring (bicyclic) bond motifs is 1. The summed E-state index contributed by atoms with van der Waals surface area (Å²) in [5.41, 5.74) is 1.31. The predicted molar refractivity (Wildman–Crippen MR) is 133 cm³/mol. The smallest absolute Gasteiger partial charge is 0.408 e. The average Bonchev–Trinajstić information content (AvgIpc) is 3.04. The van der Waals surface area contributed by atoms with Gasteiger partial charge >= 0.3 is 6.09 Å². The lowest BCUT2D eigenvalue weighted by Gasteiger charge is -2.19. The van der Waals surface area contributed by atoms with Gasteiger partial charge in [-0.15, -0.1) is 0 Å². The molecule has 5 amide bonds. The number of carbonyl (C=O) groups excluding carboxylic acids is 5. The van der Waals surface area contributed by atoms with Gasteiger partial charge in [0.15, 0.2) is 0 Å². The number of hydrogen-bond acceptors (Lipinski definition) is 6. The number of nitrogens with zero attached hydrogens (tertiary/aromatic N) is 1. The normalized spacial score (nSPS) is 12.9. The number of alkyl carbamates (subject to hydrolysis) is 1. The first-order valence-corrected chi connectivity index (χ1v) is 11.5. The van der Waals surface area contributed by atoms with Gasteiger partial charge < -0.3 is 20.7 Å². The molecule has 0 saturated carbocycles. The minimum atomic E-state index is -0.691. The molecule has 0 fully saturated rings. The van der Waals surface area contributed by atoms with Gasteiger partial charge in [-0.1, -0.05) is 12.1 Å². The van der Waals surface area contributed by atoms with Crippen molar-refractivity contribution in [3.8, 4) is 0 Å². The highest BCUT2D eigenvalue weighted by molar-refractivity contribution is 6.22. The Morgan fingerprint density at radius 3 is 2.31 bits per heavy atom. The summed E-state index contributed by atoms with van der Waals surface area (Å²) in [4.78, 5) is 62.7. The van der Waals surface area contributed by atoms with Crippen molar-refractivity contribution in [1.29, 1.82) is 0 Å². The zero-order chi connectivity index (χ0) is 26.6. The predicted octanol–water partition coefficient (Wildman–Crippen LogP) is 3.08. The van der Waals surface area contributed by atoms with Gasteiger partial charge in [-0.25, -0.2) is 4.79 Å². The maximum Gasteiger partial charge on any atom is 0.408 e. The van der Waals surface area contributed by atoms with E-state index in [1.54, 1.807) is 58.9 Å². The van der Waals surface area contributed by atoms with Crippen LogP contribution in [0.1, 0.15) is 71.3 Å². The average molecular weight is 495 g/mol. The molecule has 3 N–H and O–H groups in total. The van der Waals surface area contributed by atoms with Crippen LogP contribution in [-0.2, 0) is 16.1 Å². The third-order valence-corrected chi connectivity index (χ3v) is 5.15. The molecule has 2 aromatic rings. The summed E-state index contributed by atoms with van der Waals surface area (Å²) in [6.45, 7) is 8.59. The van der Waals surface area contributed by atoms with E-state index in [-0.39, 0.29) is 41.7 Å². The summed E-state index contributed by atoms with van der Waals surface area (Å²) in [5, 5.41) is 7.83. The van der Waals surface area contributed by atoms with Crippen molar-refractivity contribution in [2.75, 3.05) is 11.9 Å². The molecular weight excluding hydrogens is 464 g/mol.